The molecule has 7 aromatic heterocycles. The number of benzene rings is 3. The molecule has 0 unspecified atom stereocenters. The summed E-state index contributed by atoms with van der Waals surface area (Å²) in [5.74, 6) is -1.55. The number of piperidine rings is 3. The van der Waals surface area contributed by atoms with E-state index in [9.17, 15) is 54.1 Å². The van der Waals surface area contributed by atoms with Gasteiger partial charge in [0, 0.05) is 196 Å². The van der Waals surface area contributed by atoms with Crippen molar-refractivity contribution >= 4 is 134 Å². The topological polar surface area (TPSA) is 419 Å². The van der Waals surface area contributed by atoms with E-state index in [-0.39, 0.29) is 73.2 Å². The van der Waals surface area contributed by atoms with E-state index in [4.69, 9.17) is 84.0 Å². The number of morpholine rings is 1. The number of aromatic nitrogens is 10. The highest BCUT2D eigenvalue weighted by Crippen LogP contribution is 2.41. The maximum Gasteiger partial charge on any atom is 0.340 e. The first-order valence-corrected chi connectivity index (χ1v) is 48.5. The van der Waals surface area contributed by atoms with Gasteiger partial charge >= 0.3 is 17.9 Å². The molecule has 724 valence electrons. The van der Waals surface area contributed by atoms with Gasteiger partial charge in [0.05, 0.1) is 121 Å². The molecule has 0 spiro atoms. The monoisotopic (exact) mass is 1940 g/mol. The van der Waals surface area contributed by atoms with E-state index in [1.165, 1.54) is 13.1 Å². The standard InChI is InChI=1S/C36H46ClN9O5.C32H33ClN8O3.C31H36ClN7O4/c1-3-39-28-8-7-26(37)18-27(28)36(49)45-12-5-4-6-30(45)29-19-32-41-35(24(2)21-46(32)42-29)44-22-25(20-38)31(23-44)51-34(48)10-9-33(47)40-11-13-43-14-16-50-17-15-43;1-3-36-25-10-9-23(33)13-24(25)31(42)40-12-5-4-8-27(40)26-14-29-37-30(20(2)17-41(29)38-26)39-18-22(15-34)28(19-39)44-32(43)21-7-6-11-35-16-21;1-4-34-24-10-9-22(32)13-23(24)31(42)38-12-6-5-7-26(38)25-14-28-35-30(19(2)16-39(28)36-25)37-17-21(15-33)27(18-37)43-29(41)11-8-20(3)40/h7-8,18-19,21,25,30-31,39H,3-6,9-17,22-23H2,1-2H3,(H,40,47);6-7,9-11,13-14,16-17,22,27-28,36H,3-5,8,12,18-19H2,1-2H3;9-10,13-14,16,21,26-27,34H,4-8,11-12,17-18H2,1-3H3/t25-,30+,31+;22-,27+,28+;21-,26+,27+/m111/s1. The first kappa shape index (κ1) is 99.2. The summed E-state index contributed by atoms with van der Waals surface area (Å²) < 4.78 is 27.6. The van der Waals surface area contributed by atoms with Crippen LogP contribution < -0.4 is 36.0 Å². The van der Waals surface area contributed by atoms with E-state index >= 15 is 0 Å². The number of ether oxygens (including phenoxy) is 4. The van der Waals surface area contributed by atoms with Crippen molar-refractivity contribution < 1.29 is 57.3 Å². The number of amides is 4. The fourth-order valence-electron chi connectivity index (χ4n) is 19.0. The molecule has 7 aliphatic rings. The van der Waals surface area contributed by atoms with Crippen LogP contribution in [0.4, 0.5) is 34.5 Å². The van der Waals surface area contributed by atoms with Gasteiger partial charge in [0.25, 0.3) is 17.7 Å². The van der Waals surface area contributed by atoms with Crippen molar-refractivity contribution in [1.29, 1.82) is 15.8 Å². The maximum absolute atomic E-state index is 13.9. The number of hydrogen-bond acceptors (Lipinski definition) is 29. The second-order valence-corrected chi connectivity index (χ2v) is 37.0. The molecular weight excluding hydrogens is 1820 g/mol. The highest BCUT2D eigenvalue weighted by atomic mass is 35.5. The Morgan fingerprint density at radius 3 is 1.20 bits per heavy atom. The molecule has 39 heteroatoms. The quantitative estimate of drug-likeness (QED) is 0.0261. The van der Waals surface area contributed by atoms with Gasteiger partial charge in [-0.2, -0.15) is 31.1 Å². The molecule has 7 aliphatic heterocycles. The van der Waals surface area contributed by atoms with Gasteiger partial charge in [-0.3, -0.25) is 38.7 Å². The number of esters is 3. The number of fused-ring (bicyclic) bond motifs is 3. The average molecular weight is 1940 g/mol. The molecule has 7 saturated heterocycles. The van der Waals surface area contributed by atoms with Crippen LogP contribution in [0.2, 0.25) is 15.1 Å². The van der Waals surface area contributed by atoms with Crippen molar-refractivity contribution in [3.8, 4) is 18.2 Å². The Labute approximate surface area is 815 Å². The molecule has 14 heterocycles. The van der Waals surface area contributed by atoms with E-state index < -0.39 is 54.0 Å². The lowest BCUT2D eigenvalue weighted by Gasteiger charge is -2.35. The van der Waals surface area contributed by atoms with Gasteiger partial charge in [-0.15, -0.1) is 0 Å². The fourth-order valence-corrected chi connectivity index (χ4v) is 19.5. The van der Waals surface area contributed by atoms with E-state index in [1.54, 1.807) is 68.3 Å². The number of carbonyl (C=O) groups excluding carboxylic acids is 8. The number of likely N-dealkylation sites (tertiary alicyclic amines) is 3. The average Bonchev–Trinajstić information content (AvgIpc) is 1.62. The van der Waals surface area contributed by atoms with Gasteiger partial charge in [0.15, 0.2) is 16.9 Å². The van der Waals surface area contributed by atoms with Crippen LogP contribution in [0.5, 0.6) is 0 Å². The van der Waals surface area contributed by atoms with Gasteiger partial charge in [0.2, 0.25) is 5.91 Å². The number of Topliss-reactive ketones (excluding diaryl/α,β-unsaturated/α-hetero) is 1. The molecule has 36 nitrogen and oxygen atoms in total. The van der Waals surface area contributed by atoms with Crippen LogP contribution in [0.15, 0.2) is 116 Å². The van der Waals surface area contributed by atoms with Crippen molar-refractivity contribution in [2.75, 3.05) is 149 Å². The minimum absolute atomic E-state index is 0.000246. The summed E-state index contributed by atoms with van der Waals surface area (Å²) in [6.45, 7) is 23.5. The van der Waals surface area contributed by atoms with Crippen molar-refractivity contribution in [3.05, 3.63) is 187 Å². The minimum atomic E-state index is -0.648. The zero-order valence-electron chi connectivity index (χ0n) is 78.6. The Morgan fingerprint density at radius 2 is 0.848 bits per heavy atom. The third-order valence-electron chi connectivity index (χ3n) is 25.9. The van der Waals surface area contributed by atoms with E-state index in [2.05, 4.69) is 49.4 Å². The Kier molecular flexibility index (Phi) is 32.9. The molecule has 0 radical (unpaired) electrons. The Hall–Kier alpha value is -13.3. The van der Waals surface area contributed by atoms with Gasteiger partial charge in [-0.25, -0.2) is 33.3 Å². The molecule has 7 fully saturated rings. The molecule has 9 atom stereocenters. The van der Waals surface area contributed by atoms with Crippen LogP contribution in [0.3, 0.4) is 0 Å². The molecule has 10 aromatic rings. The number of aryl methyl sites for hydroxylation is 3. The number of nitrogens with one attached hydrogen (secondary N) is 4. The van der Waals surface area contributed by atoms with Gasteiger partial charge < -0.3 is 74.4 Å². The third kappa shape index (κ3) is 23.6. The van der Waals surface area contributed by atoms with Gasteiger partial charge in [-0.05, 0) is 173 Å². The molecule has 4 N–H and O–H groups in total. The smallest absolute Gasteiger partial charge is 0.340 e. The molecular formula is C99H115Cl3N24O12. The van der Waals surface area contributed by atoms with Crippen molar-refractivity contribution in [2.24, 2.45) is 17.8 Å². The molecule has 0 saturated carbocycles. The summed E-state index contributed by atoms with van der Waals surface area (Å²) in [6, 6.07) is 31.3. The third-order valence-corrected chi connectivity index (χ3v) is 26.6. The number of nitrogens with zero attached hydrogens (tertiary/aromatic N) is 20. The number of anilines is 6. The van der Waals surface area contributed by atoms with E-state index in [1.807, 2.05) is 126 Å². The number of rotatable bonds is 28. The van der Waals surface area contributed by atoms with Crippen LogP contribution >= 0.6 is 34.8 Å². The highest BCUT2D eigenvalue weighted by molar-refractivity contribution is 6.32. The van der Waals surface area contributed by atoms with Crippen LogP contribution in [0.25, 0.3) is 16.9 Å². The summed E-state index contributed by atoms with van der Waals surface area (Å²) in [5.41, 5.74) is 11.0. The highest BCUT2D eigenvalue weighted by Gasteiger charge is 2.43. The normalized spacial score (nSPS) is 20.4. The predicted molar refractivity (Wildman–Crippen MR) is 519 cm³/mol. The van der Waals surface area contributed by atoms with Crippen molar-refractivity contribution in [3.63, 3.8) is 0 Å². The molecule has 4 amide bonds. The molecule has 138 heavy (non-hydrogen) atoms. The molecule has 0 aliphatic carbocycles. The minimum Gasteiger partial charge on any atom is -0.459 e. The van der Waals surface area contributed by atoms with Gasteiger partial charge in [-0.1, -0.05) is 34.8 Å². The molecule has 17 rings (SSSR count). The lowest BCUT2D eigenvalue weighted by molar-refractivity contribution is -0.150. The Balaban J connectivity index is 0.000000158. The first-order valence-electron chi connectivity index (χ1n) is 47.4. The van der Waals surface area contributed by atoms with Crippen LogP contribution in [-0.4, -0.2) is 252 Å². The summed E-state index contributed by atoms with van der Waals surface area (Å²) in [5, 5.41) is 58.3. The Morgan fingerprint density at radius 1 is 0.471 bits per heavy atom. The summed E-state index contributed by atoms with van der Waals surface area (Å²) in [6.07, 6.45) is 15.0. The zero-order valence-corrected chi connectivity index (χ0v) is 80.8. The summed E-state index contributed by atoms with van der Waals surface area (Å²) in [7, 11) is 0. The van der Waals surface area contributed by atoms with Crippen LogP contribution in [0, 0.1) is 72.5 Å². The first-order chi connectivity index (χ1) is 66.8. The van der Waals surface area contributed by atoms with Crippen molar-refractivity contribution in [1.82, 2.24) is 73.7 Å². The molecule has 0 bridgehead atoms. The van der Waals surface area contributed by atoms with Crippen molar-refractivity contribution in [2.45, 2.75) is 168 Å². The fraction of sp³-hybridized carbons (Fsp3) is 0.475. The Bertz CT molecular complexity index is 6270. The second-order valence-electron chi connectivity index (χ2n) is 35.7. The predicted octanol–water partition coefficient (Wildman–Crippen LogP) is 13.4. The number of halogens is 3. The zero-order chi connectivity index (χ0) is 97.4. The summed E-state index contributed by atoms with van der Waals surface area (Å²) in [4.78, 5) is 135. The van der Waals surface area contributed by atoms with Crippen LogP contribution in [-0.2, 0) is 38.1 Å². The number of pyridine rings is 1. The van der Waals surface area contributed by atoms with E-state index in [0.29, 0.717) is 170 Å². The van der Waals surface area contributed by atoms with E-state index in [0.717, 1.165) is 128 Å². The number of carbonyl (C=O) groups is 8. The number of nitriles is 3. The number of hydrogen-bond donors (Lipinski definition) is 4. The SMILES string of the molecule is CCNc1ccc(Cl)cc1C(=O)N1CCCC[C@H]1c1cc2nc(N3C[C@@H](C#N)[C@@H](OC(=O)CCC(=O)NCCN4CCOCC4)C3)c(C)cn2n1.CCNc1ccc(Cl)cc1C(=O)N1CCCC[C@H]1c1cc2nc(N3C[C@@H](C#N)[C@@H](OC(=O)CCC(C)=O)C3)c(C)cn2n1.CCNc1ccc(Cl)cc1C(=O)N1CCCC[C@H]1c1cc2nc(N3C[C@@H](C#N)[C@@H](OC(=O)c4cccnc4)C3)c(C)cn2n1. The lowest BCUT2D eigenvalue weighted by atomic mass is 9.98. The van der Waals surface area contributed by atoms with Gasteiger partial charge in [0.1, 0.15) is 59.3 Å². The summed E-state index contributed by atoms with van der Waals surface area (Å²) >= 11 is 18.9. The number of ketones is 1. The molecule has 3 aromatic carbocycles. The maximum atomic E-state index is 13.9. The van der Waals surface area contributed by atoms with Crippen LogP contribution in [0.1, 0.15) is 204 Å². The second kappa shape index (κ2) is 45.8. The largest absolute Gasteiger partial charge is 0.459 e. The lowest BCUT2D eigenvalue weighted by Crippen LogP contribution is -2.41.